The number of rotatable bonds is 6. The lowest BCUT2D eigenvalue weighted by atomic mass is 10.3. The van der Waals surface area contributed by atoms with Crippen LogP contribution in [0.25, 0.3) is 11.0 Å². The normalized spacial score (nSPS) is 11.5. The molecule has 2 aromatic carbocycles. The van der Waals surface area contributed by atoms with Crippen LogP contribution in [0, 0.1) is 0 Å². The van der Waals surface area contributed by atoms with Crippen LogP contribution in [-0.2, 0) is 16.6 Å². The summed E-state index contributed by atoms with van der Waals surface area (Å²) in [5.74, 6) is 0.688. The van der Waals surface area contributed by atoms with Gasteiger partial charge in [-0.1, -0.05) is 36.4 Å². The van der Waals surface area contributed by atoms with Crippen molar-refractivity contribution in [3.8, 4) is 0 Å². The Kier molecular flexibility index (Phi) is 4.97. The highest BCUT2D eigenvalue weighted by atomic mass is 32.2. The molecular weight excluding hydrogens is 392 g/mol. The van der Waals surface area contributed by atoms with Crippen molar-refractivity contribution >= 4 is 44.0 Å². The van der Waals surface area contributed by atoms with E-state index in [1.165, 1.54) is 0 Å². The average molecular weight is 411 g/mol. The smallest absolute Gasteiger partial charge is 0.263 e. The lowest BCUT2D eigenvalue weighted by Gasteiger charge is -2.21. The highest BCUT2D eigenvalue weighted by Crippen LogP contribution is 2.28. The molecule has 0 fully saturated rings. The molecule has 0 aliphatic rings. The van der Waals surface area contributed by atoms with E-state index in [1.807, 2.05) is 53.7 Å². The zero-order valence-electron chi connectivity index (χ0n) is 15.1. The first kappa shape index (κ1) is 18.4. The number of nitrogens with one attached hydrogen (secondary N) is 1. The summed E-state index contributed by atoms with van der Waals surface area (Å²) in [5, 5.41) is 2.01. The van der Waals surface area contributed by atoms with Crippen molar-refractivity contribution in [2.45, 2.75) is 11.4 Å². The van der Waals surface area contributed by atoms with Gasteiger partial charge in [-0.25, -0.2) is 18.4 Å². The number of hydrogen-bond donors (Lipinski definition) is 1. The van der Waals surface area contributed by atoms with Crippen LogP contribution >= 0.6 is 11.3 Å². The molecule has 4 rings (SSSR count). The Balaban J connectivity index is 1.77. The summed E-state index contributed by atoms with van der Waals surface area (Å²) in [4.78, 5) is 12.4. The van der Waals surface area contributed by atoms with Gasteiger partial charge in [0.15, 0.2) is 11.6 Å². The van der Waals surface area contributed by atoms with Crippen molar-refractivity contribution < 1.29 is 8.42 Å². The van der Waals surface area contributed by atoms with Crippen LogP contribution in [0.4, 0.5) is 11.6 Å². The molecule has 6 nitrogen and oxygen atoms in total. The second-order valence-electron chi connectivity index (χ2n) is 6.24. The molecule has 1 N–H and O–H groups in total. The van der Waals surface area contributed by atoms with Gasteiger partial charge in [-0.3, -0.25) is 4.72 Å². The minimum atomic E-state index is -3.78. The molecular formula is C20H18N4O2S2. The lowest BCUT2D eigenvalue weighted by molar-refractivity contribution is 0.601. The Morgan fingerprint density at radius 3 is 2.29 bits per heavy atom. The first-order valence-corrected chi connectivity index (χ1v) is 11.0. The molecule has 2 aromatic heterocycles. The molecule has 0 unspecified atom stereocenters. The molecule has 8 heteroatoms. The number of nitrogens with zero attached hydrogens (tertiary/aromatic N) is 3. The summed E-state index contributed by atoms with van der Waals surface area (Å²) in [7, 11) is -1.90. The van der Waals surface area contributed by atoms with Gasteiger partial charge in [0.1, 0.15) is 0 Å². The minimum Gasteiger partial charge on any atom is -0.351 e. The second kappa shape index (κ2) is 7.57. The second-order valence-corrected chi connectivity index (χ2v) is 8.95. The van der Waals surface area contributed by atoms with Crippen LogP contribution < -0.4 is 9.62 Å². The van der Waals surface area contributed by atoms with Crippen LogP contribution in [0.3, 0.4) is 0 Å². The molecule has 0 aliphatic heterocycles. The van der Waals surface area contributed by atoms with Gasteiger partial charge in [0.05, 0.1) is 22.5 Å². The van der Waals surface area contributed by atoms with Gasteiger partial charge in [-0.2, -0.15) is 0 Å². The number of aromatic nitrogens is 2. The minimum absolute atomic E-state index is 0.178. The fourth-order valence-corrected chi connectivity index (χ4v) is 4.60. The van der Waals surface area contributed by atoms with Crippen LogP contribution in [0.2, 0.25) is 0 Å². The summed E-state index contributed by atoms with van der Waals surface area (Å²) in [5.41, 5.74) is 1.33. The molecule has 0 saturated carbocycles. The zero-order chi connectivity index (χ0) is 19.6. The van der Waals surface area contributed by atoms with Crippen LogP contribution in [0.5, 0.6) is 0 Å². The number of benzene rings is 2. The highest BCUT2D eigenvalue weighted by molar-refractivity contribution is 7.92. The number of fused-ring (bicyclic) bond motifs is 1. The Labute approximate surface area is 167 Å². The molecule has 0 aliphatic carbocycles. The maximum atomic E-state index is 12.8. The van der Waals surface area contributed by atoms with E-state index >= 15 is 0 Å². The lowest BCUT2D eigenvalue weighted by Crippen LogP contribution is -2.22. The van der Waals surface area contributed by atoms with E-state index in [0.29, 0.717) is 23.4 Å². The fourth-order valence-electron chi connectivity index (χ4n) is 2.82. The van der Waals surface area contributed by atoms with Gasteiger partial charge in [-0.05, 0) is 35.7 Å². The molecule has 4 aromatic rings. The van der Waals surface area contributed by atoms with Crippen molar-refractivity contribution in [1.29, 1.82) is 0 Å². The molecule has 28 heavy (non-hydrogen) atoms. The molecule has 0 amide bonds. The largest absolute Gasteiger partial charge is 0.351 e. The van der Waals surface area contributed by atoms with Crippen molar-refractivity contribution in [2.24, 2.45) is 0 Å². The standard InChI is InChI=1S/C20H18N4O2S2/c1-24(14-15-8-7-13-27-15)20-19(21-17-11-5-6-12-18(17)22-20)23-28(25,26)16-9-3-2-4-10-16/h2-13H,14H2,1H3,(H,21,23). The van der Waals surface area contributed by atoms with E-state index < -0.39 is 10.0 Å². The Morgan fingerprint density at radius 2 is 1.61 bits per heavy atom. The third kappa shape index (κ3) is 3.83. The SMILES string of the molecule is CN(Cc1cccs1)c1nc2ccccc2nc1NS(=O)(=O)c1ccccc1. The molecule has 142 valence electrons. The van der Waals surface area contributed by atoms with Crippen LogP contribution in [-0.4, -0.2) is 25.4 Å². The van der Waals surface area contributed by atoms with E-state index in [-0.39, 0.29) is 10.7 Å². The predicted molar refractivity (Wildman–Crippen MR) is 113 cm³/mol. The summed E-state index contributed by atoms with van der Waals surface area (Å²) in [6.07, 6.45) is 0. The summed E-state index contributed by atoms with van der Waals surface area (Å²) < 4.78 is 28.3. The highest BCUT2D eigenvalue weighted by Gasteiger charge is 2.20. The molecule has 0 spiro atoms. The number of thiophene rings is 1. The van der Waals surface area contributed by atoms with Gasteiger partial charge in [0.25, 0.3) is 10.0 Å². The summed E-state index contributed by atoms with van der Waals surface area (Å²) >= 11 is 1.64. The maximum Gasteiger partial charge on any atom is 0.263 e. The van der Waals surface area contributed by atoms with Crippen molar-refractivity contribution in [2.75, 3.05) is 16.7 Å². The zero-order valence-corrected chi connectivity index (χ0v) is 16.7. The average Bonchev–Trinajstić information content (AvgIpc) is 3.21. The van der Waals surface area contributed by atoms with E-state index in [1.54, 1.807) is 41.7 Å². The number of hydrogen-bond acceptors (Lipinski definition) is 6. The van der Waals surface area contributed by atoms with E-state index in [2.05, 4.69) is 14.7 Å². The van der Waals surface area contributed by atoms with Gasteiger partial charge in [-0.15, -0.1) is 11.3 Å². The van der Waals surface area contributed by atoms with Crippen molar-refractivity contribution in [3.63, 3.8) is 0 Å². The van der Waals surface area contributed by atoms with Crippen molar-refractivity contribution in [1.82, 2.24) is 9.97 Å². The summed E-state index contributed by atoms with van der Waals surface area (Å²) in [6, 6.07) is 19.7. The van der Waals surface area contributed by atoms with E-state index in [9.17, 15) is 8.42 Å². The summed E-state index contributed by atoms with van der Waals surface area (Å²) in [6.45, 7) is 0.602. The molecule has 0 atom stereocenters. The van der Waals surface area contributed by atoms with Gasteiger partial charge in [0, 0.05) is 11.9 Å². The fraction of sp³-hybridized carbons (Fsp3) is 0.100. The Hall–Kier alpha value is -2.97. The Morgan fingerprint density at radius 1 is 0.929 bits per heavy atom. The van der Waals surface area contributed by atoms with E-state index in [4.69, 9.17) is 0 Å². The monoisotopic (exact) mass is 410 g/mol. The molecule has 0 bridgehead atoms. The van der Waals surface area contributed by atoms with Gasteiger partial charge < -0.3 is 4.90 Å². The van der Waals surface area contributed by atoms with Crippen LogP contribution in [0.15, 0.2) is 77.0 Å². The number of sulfonamides is 1. The molecule has 0 saturated heterocycles. The number of anilines is 2. The first-order chi connectivity index (χ1) is 13.5. The first-order valence-electron chi connectivity index (χ1n) is 8.61. The quantitative estimate of drug-likeness (QED) is 0.517. The maximum absolute atomic E-state index is 12.8. The molecule has 2 heterocycles. The predicted octanol–water partition coefficient (Wildman–Crippen LogP) is 4.13. The van der Waals surface area contributed by atoms with Crippen LogP contribution in [0.1, 0.15) is 4.88 Å². The van der Waals surface area contributed by atoms with Gasteiger partial charge >= 0.3 is 0 Å². The topological polar surface area (TPSA) is 75.2 Å². The third-order valence-electron chi connectivity index (χ3n) is 4.17. The van der Waals surface area contributed by atoms with Gasteiger partial charge in [0.2, 0.25) is 0 Å². The molecule has 0 radical (unpaired) electrons. The third-order valence-corrected chi connectivity index (χ3v) is 6.39. The number of para-hydroxylation sites is 2. The van der Waals surface area contributed by atoms with Crippen molar-refractivity contribution in [3.05, 3.63) is 77.0 Å². The Bertz CT molecular complexity index is 1190. The van der Waals surface area contributed by atoms with E-state index in [0.717, 1.165) is 4.88 Å².